The number of methoxy groups -OCH3 is 1. The number of ether oxygens (including phenoxy) is 1. The van der Waals surface area contributed by atoms with E-state index in [1.54, 1.807) is 55.6 Å². The number of phenols is 1. The second-order valence-electron chi connectivity index (χ2n) is 5.15. The molecule has 0 aliphatic rings. The van der Waals surface area contributed by atoms with E-state index in [-0.39, 0.29) is 11.2 Å². The van der Waals surface area contributed by atoms with Gasteiger partial charge in [-0.25, -0.2) is 0 Å². The topological polar surface area (TPSA) is 59.7 Å². The minimum Gasteiger partial charge on any atom is -0.508 e. The van der Waals surface area contributed by atoms with Crippen LogP contribution in [0.5, 0.6) is 11.5 Å². The van der Waals surface area contributed by atoms with Crippen molar-refractivity contribution in [3.63, 3.8) is 0 Å². The lowest BCUT2D eigenvalue weighted by atomic mass is 10.1. The fourth-order valence-corrected chi connectivity index (χ4v) is 2.74. The SMILES string of the molecule is COc1cccc2c(=O)c3cc4cc(O)ccc4cc3oc12. The van der Waals surface area contributed by atoms with Crippen LogP contribution in [0.4, 0.5) is 0 Å². The molecule has 22 heavy (non-hydrogen) atoms. The molecular formula is C18H12O4. The molecule has 4 nitrogen and oxygen atoms in total. The second-order valence-corrected chi connectivity index (χ2v) is 5.15. The molecule has 4 aromatic rings. The van der Waals surface area contributed by atoms with Crippen molar-refractivity contribution in [2.45, 2.75) is 0 Å². The highest BCUT2D eigenvalue weighted by atomic mass is 16.5. The molecule has 0 unspecified atom stereocenters. The Balaban J connectivity index is 2.22. The van der Waals surface area contributed by atoms with Gasteiger partial charge in [-0.2, -0.15) is 0 Å². The number of fused-ring (bicyclic) bond motifs is 3. The number of rotatable bonds is 1. The van der Waals surface area contributed by atoms with Crippen molar-refractivity contribution in [1.82, 2.24) is 0 Å². The Morgan fingerprint density at radius 1 is 1.00 bits per heavy atom. The van der Waals surface area contributed by atoms with Crippen LogP contribution >= 0.6 is 0 Å². The van der Waals surface area contributed by atoms with Crippen LogP contribution in [0.15, 0.2) is 57.7 Å². The summed E-state index contributed by atoms with van der Waals surface area (Å²) in [6.45, 7) is 0. The van der Waals surface area contributed by atoms with Gasteiger partial charge in [0.25, 0.3) is 0 Å². The van der Waals surface area contributed by atoms with E-state index in [1.165, 1.54) is 0 Å². The number of hydrogen-bond acceptors (Lipinski definition) is 4. The van der Waals surface area contributed by atoms with Crippen molar-refractivity contribution < 1.29 is 14.3 Å². The van der Waals surface area contributed by atoms with Gasteiger partial charge < -0.3 is 14.3 Å². The number of phenolic OH excluding ortho intramolecular Hbond substituents is 1. The molecule has 0 saturated carbocycles. The third-order valence-corrected chi connectivity index (χ3v) is 3.82. The average molecular weight is 292 g/mol. The summed E-state index contributed by atoms with van der Waals surface area (Å²) >= 11 is 0. The first-order chi connectivity index (χ1) is 10.7. The normalized spacial score (nSPS) is 11.3. The maximum absolute atomic E-state index is 12.7. The molecule has 0 bridgehead atoms. The molecule has 0 aliphatic carbocycles. The highest BCUT2D eigenvalue weighted by molar-refractivity contribution is 6.00. The van der Waals surface area contributed by atoms with Crippen LogP contribution in [0.1, 0.15) is 0 Å². The van der Waals surface area contributed by atoms with Crippen molar-refractivity contribution in [3.8, 4) is 11.5 Å². The fraction of sp³-hybridized carbons (Fsp3) is 0.0556. The van der Waals surface area contributed by atoms with Gasteiger partial charge in [0.1, 0.15) is 11.3 Å². The molecule has 0 fully saturated rings. The summed E-state index contributed by atoms with van der Waals surface area (Å²) in [7, 11) is 1.54. The molecule has 0 amide bonds. The van der Waals surface area contributed by atoms with E-state index >= 15 is 0 Å². The van der Waals surface area contributed by atoms with Crippen molar-refractivity contribution in [1.29, 1.82) is 0 Å². The van der Waals surface area contributed by atoms with Crippen molar-refractivity contribution >= 4 is 32.7 Å². The Morgan fingerprint density at radius 2 is 1.86 bits per heavy atom. The zero-order chi connectivity index (χ0) is 15.3. The van der Waals surface area contributed by atoms with E-state index in [0.717, 1.165) is 10.8 Å². The van der Waals surface area contributed by atoms with Crippen molar-refractivity contribution in [2.75, 3.05) is 7.11 Å². The molecule has 0 aliphatic heterocycles. The van der Waals surface area contributed by atoms with Gasteiger partial charge in [-0.15, -0.1) is 0 Å². The molecule has 0 atom stereocenters. The minimum atomic E-state index is -0.111. The van der Waals surface area contributed by atoms with Gasteiger partial charge in [0.2, 0.25) is 5.43 Å². The van der Waals surface area contributed by atoms with Crippen LogP contribution in [-0.2, 0) is 0 Å². The number of benzene rings is 3. The van der Waals surface area contributed by atoms with Crippen molar-refractivity contribution in [3.05, 3.63) is 58.8 Å². The zero-order valence-electron chi connectivity index (χ0n) is 11.8. The van der Waals surface area contributed by atoms with Crippen LogP contribution in [0.2, 0.25) is 0 Å². The summed E-state index contributed by atoms with van der Waals surface area (Å²) in [6.07, 6.45) is 0. The van der Waals surface area contributed by atoms with Gasteiger partial charge in [0, 0.05) is 0 Å². The molecular weight excluding hydrogens is 280 g/mol. The summed E-state index contributed by atoms with van der Waals surface area (Å²) < 4.78 is 11.2. The molecule has 108 valence electrons. The summed E-state index contributed by atoms with van der Waals surface area (Å²) in [5.74, 6) is 0.695. The highest BCUT2D eigenvalue weighted by Crippen LogP contribution is 2.30. The van der Waals surface area contributed by atoms with Gasteiger partial charge in [0.15, 0.2) is 11.3 Å². The van der Waals surface area contributed by atoms with Crippen LogP contribution in [0, 0.1) is 0 Å². The first kappa shape index (κ1) is 12.7. The van der Waals surface area contributed by atoms with Gasteiger partial charge in [-0.3, -0.25) is 4.79 Å². The molecule has 1 N–H and O–H groups in total. The summed E-state index contributed by atoms with van der Waals surface area (Å²) in [6, 6.07) is 13.8. The Bertz CT molecular complexity index is 1090. The molecule has 3 aromatic carbocycles. The summed E-state index contributed by atoms with van der Waals surface area (Å²) in [4.78, 5) is 12.7. The van der Waals surface area contributed by atoms with Crippen LogP contribution in [0.3, 0.4) is 0 Å². The molecule has 4 heteroatoms. The number of aromatic hydroxyl groups is 1. The number of hydrogen-bond donors (Lipinski definition) is 1. The van der Waals surface area contributed by atoms with E-state index in [2.05, 4.69) is 0 Å². The number of para-hydroxylation sites is 1. The van der Waals surface area contributed by atoms with Gasteiger partial charge in [0.05, 0.1) is 17.9 Å². The maximum atomic E-state index is 12.7. The van der Waals surface area contributed by atoms with E-state index in [0.29, 0.717) is 27.7 Å². The van der Waals surface area contributed by atoms with Crippen LogP contribution in [-0.4, -0.2) is 12.2 Å². The first-order valence-electron chi connectivity index (χ1n) is 6.84. The monoisotopic (exact) mass is 292 g/mol. The van der Waals surface area contributed by atoms with Crippen molar-refractivity contribution in [2.24, 2.45) is 0 Å². The summed E-state index contributed by atoms with van der Waals surface area (Å²) in [5, 5.41) is 12.2. The molecule has 4 rings (SSSR count). The van der Waals surface area contributed by atoms with Crippen LogP contribution in [0.25, 0.3) is 32.7 Å². The second kappa shape index (κ2) is 4.49. The average Bonchev–Trinajstić information content (AvgIpc) is 2.53. The lowest BCUT2D eigenvalue weighted by molar-refractivity contribution is 0.411. The molecule has 0 spiro atoms. The molecule has 0 saturated heterocycles. The van der Waals surface area contributed by atoms with Gasteiger partial charge >= 0.3 is 0 Å². The van der Waals surface area contributed by atoms with Gasteiger partial charge in [-0.1, -0.05) is 12.1 Å². The minimum absolute atomic E-state index is 0.111. The predicted octanol–water partition coefficient (Wildman–Crippen LogP) is 3.81. The molecule has 1 heterocycles. The Labute approximate surface area is 125 Å². The molecule has 1 aromatic heterocycles. The fourth-order valence-electron chi connectivity index (χ4n) is 2.74. The zero-order valence-corrected chi connectivity index (χ0v) is 11.8. The quantitative estimate of drug-likeness (QED) is 0.542. The smallest absolute Gasteiger partial charge is 0.200 e. The van der Waals surface area contributed by atoms with E-state index < -0.39 is 0 Å². The Hall–Kier alpha value is -3.01. The van der Waals surface area contributed by atoms with E-state index in [4.69, 9.17) is 9.15 Å². The predicted molar refractivity (Wildman–Crippen MR) is 85.7 cm³/mol. The lowest BCUT2D eigenvalue weighted by Gasteiger charge is -2.07. The summed E-state index contributed by atoms with van der Waals surface area (Å²) in [5.41, 5.74) is 0.834. The Morgan fingerprint density at radius 3 is 2.68 bits per heavy atom. The largest absolute Gasteiger partial charge is 0.508 e. The lowest BCUT2D eigenvalue weighted by Crippen LogP contribution is -2.02. The Kier molecular flexibility index (Phi) is 2.60. The standard InChI is InChI=1S/C18H12O4/c1-21-15-4-2-3-13-17(20)14-8-11-7-12(19)6-5-10(11)9-16(14)22-18(13)15/h2-9,19H,1H3. The molecule has 0 radical (unpaired) electrons. The third kappa shape index (κ3) is 1.74. The van der Waals surface area contributed by atoms with Crippen LogP contribution < -0.4 is 10.2 Å². The third-order valence-electron chi connectivity index (χ3n) is 3.82. The maximum Gasteiger partial charge on any atom is 0.200 e. The van der Waals surface area contributed by atoms with E-state index in [1.807, 2.05) is 0 Å². The van der Waals surface area contributed by atoms with Gasteiger partial charge in [-0.05, 0) is 47.2 Å². The van der Waals surface area contributed by atoms with E-state index in [9.17, 15) is 9.90 Å². The first-order valence-corrected chi connectivity index (χ1v) is 6.84. The highest BCUT2D eigenvalue weighted by Gasteiger charge is 2.12.